The van der Waals surface area contributed by atoms with Crippen molar-refractivity contribution in [2.75, 3.05) is 50.2 Å². The topological polar surface area (TPSA) is 52.6 Å². The van der Waals surface area contributed by atoms with E-state index in [1.54, 1.807) is 0 Å². The van der Waals surface area contributed by atoms with Crippen LogP contribution in [-0.2, 0) is 19.1 Å². The fourth-order valence-corrected chi connectivity index (χ4v) is 11.7. The normalized spacial score (nSPS) is 11.9. The highest BCUT2D eigenvalue weighted by Crippen LogP contribution is 2.42. The van der Waals surface area contributed by atoms with Gasteiger partial charge in [0, 0.05) is 26.2 Å². The van der Waals surface area contributed by atoms with Gasteiger partial charge in [0.25, 0.3) is 0 Å². The highest BCUT2D eigenvalue weighted by Gasteiger charge is 2.17. The first-order valence-corrected chi connectivity index (χ1v) is 18.8. The molecule has 7 heteroatoms. The van der Waals surface area contributed by atoms with Crippen LogP contribution in [-0.4, -0.2) is 62.1 Å². The second kappa shape index (κ2) is 18.3. The number of benzene rings is 3. The molecule has 0 radical (unpaired) electrons. The Morgan fingerprint density at radius 3 is 1.38 bits per heavy atom. The average Bonchev–Trinajstić information content (AvgIpc) is 2.95. The second-order valence-corrected chi connectivity index (χ2v) is 16.9. The minimum absolute atomic E-state index is 0.233. The van der Waals surface area contributed by atoms with E-state index in [1.165, 1.54) is 54.7 Å². The Hall–Kier alpha value is -2.11. The first kappa shape index (κ1) is 31.4. The third kappa shape index (κ3) is 12.3. The summed E-state index contributed by atoms with van der Waals surface area (Å²) in [6.07, 6.45) is 8.86. The zero-order valence-corrected chi connectivity index (χ0v) is 25.9. The zero-order valence-electron chi connectivity index (χ0n) is 23.2. The average molecular weight is 583 g/mol. The summed E-state index contributed by atoms with van der Waals surface area (Å²) in [6.45, 7) is 3.82. The molecule has 1 unspecified atom stereocenters. The number of ether oxygens (including phenoxy) is 2. The van der Waals surface area contributed by atoms with Crippen LogP contribution >= 0.6 is 23.8 Å². The zero-order chi connectivity index (χ0) is 27.7. The molecule has 0 saturated carbocycles. The van der Waals surface area contributed by atoms with Gasteiger partial charge < -0.3 is 9.47 Å². The standard InChI is InChI=1S/C32H41O4P3/c1-28(33)35-20-26-37(27-21-36-29(2)34)22-12-23-38(30-14-6-3-7-15-30)24-13-25-39(31-16-8-4-9-17-31)32-18-10-5-11-19-32/h3-11,14-19H,12-13,20-27H2,1-2H3. The maximum absolute atomic E-state index is 11.2. The Bertz CT molecular complexity index is 1040. The smallest absolute Gasteiger partial charge is 0.302 e. The molecule has 3 aromatic rings. The molecule has 0 spiro atoms. The van der Waals surface area contributed by atoms with E-state index in [0.717, 1.165) is 24.9 Å². The summed E-state index contributed by atoms with van der Waals surface area (Å²) in [7, 11) is -0.965. The molecule has 0 saturated heterocycles. The number of hydrogen-bond donors (Lipinski definition) is 0. The SMILES string of the molecule is CC(=O)OCCP(CCCP(CCCP(c1ccccc1)c1ccccc1)c1ccccc1)CCOC(C)=O. The van der Waals surface area contributed by atoms with E-state index in [4.69, 9.17) is 9.47 Å². The second-order valence-electron chi connectivity index (χ2n) is 9.37. The van der Waals surface area contributed by atoms with Crippen molar-refractivity contribution in [3.8, 4) is 0 Å². The molecule has 0 fully saturated rings. The molecule has 0 amide bonds. The Kier molecular flexibility index (Phi) is 14.7. The van der Waals surface area contributed by atoms with Crippen LogP contribution in [0.1, 0.15) is 26.7 Å². The number of carbonyl (C=O) groups excluding carboxylic acids is 2. The monoisotopic (exact) mass is 582 g/mol. The molecule has 39 heavy (non-hydrogen) atoms. The molecule has 0 bridgehead atoms. The Morgan fingerprint density at radius 1 is 0.538 bits per heavy atom. The van der Waals surface area contributed by atoms with Crippen LogP contribution in [0.5, 0.6) is 0 Å². The quantitative estimate of drug-likeness (QED) is 0.138. The predicted molar refractivity (Wildman–Crippen MR) is 171 cm³/mol. The van der Waals surface area contributed by atoms with Gasteiger partial charge in [0.05, 0.1) is 13.2 Å². The van der Waals surface area contributed by atoms with Gasteiger partial charge in [-0.3, -0.25) is 9.59 Å². The van der Waals surface area contributed by atoms with Gasteiger partial charge in [0.1, 0.15) is 0 Å². The summed E-state index contributed by atoms with van der Waals surface area (Å²) in [4.78, 5) is 22.5. The molecule has 3 aromatic carbocycles. The van der Waals surface area contributed by atoms with E-state index in [-0.39, 0.29) is 35.7 Å². The predicted octanol–water partition coefficient (Wildman–Crippen LogP) is 6.32. The van der Waals surface area contributed by atoms with Crippen molar-refractivity contribution in [3.63, 3.8) is 0 Å². The molecule has 0 N–H and O–H groups in total. The van der Waals surface area contributed by atoms with Gasteiger partial charge in [0.2, 0.25) is 0 Å². The molecule has 1 atom stereocenters. The Morgan fingerprint density at radius 2 is 0.949 bits per heavy atom. The largest absolute Gasteiger partial charge is 0.466 e. The van der Waals surface area contributed by atoms with E-state index in [2.05, 4.69) is 91.0 Å². The summed E-state index contributed by atoms with van der Waals surface area (Å²) in [5, 5.41) is 4.39. The van der Waals surface area contributed by atoms with Crippen LogP contribution < -0.4 is 15.9 Å². The van der Waals surface area contributed by atoms with Crippen molar-refractivity contribution in [3.05, 3.63) is 91.0 Å². The molecule has 0 aliphatic rings. The molecular formula is C32H41O4P3. The van der Waals surface area contributed by atoms with Crippen molar-refractivity contribution in [2.45, 2.75) is 26.7 Å². The lowest BCUT2D eigenvalue weighted by atomic mass is 10.4. The summed E-state index contributed by atoms with van der Waals surface area (Å²) < 4.78 is 10.4. The van der Waals surface area contributed by atoms with Crippen molar-refractivity contribution in [1.29, 1.82) is 0 Å². The molecule has 0 aromatic heterocycles. The Labute approximate surface area is 238 Å². The third-order valence-corrected chi connectivity index (χ3v) is 14.3. The molecule has 0 heterocycles. The van der Waals surface area contributed by atoms with Gasteiger partial charge in [-0.1, -0.05) is 107 Å². The highest BCUT2D eigenvalue weighted by atomic mass is 31.1. The van der Waals surface area contributed by atoms with Crippen LogP contribution in [0.2, 0.25) is 0 Å². The van der Waals surface area contributed by atoms with E-state index < -0.39 is 0 Å². The minimum atomic E-state index is -0.368. The van der Waals surface area contributed by atoms with Gasteiger partial charge in [-0.15, -0.1) is 0 Å². The fourth-order valence-electron chi connectivity index (χ4n) is 4.51. The van der Waals surface area contributed by atoms with Crippen LogP contribution in [0.4, 0.5) is 0 Å². The van der Waals surface area contributed by atoms with Gasteiger partial charge in [-0.25, -0.2) is 0 Å². The van der Waals surface area contributed by atoms with Crippen molar-refractivity contribution in [1.82, 2.24) is 0 Å². The lowest BCUT2D eigenvalue weighted by Gasteiger charge is -2.23. The number of rotatable bonds is 17. The first-order chi connectivity index (χ1) is 19.0. The Balaban J connectivity index is 1.60. The summed E-state index contributed by atoms with van der Waals surface area (Å²) in [5.74, 6) is -0.466. The first-order valence-electron chi connectivity index (χ1n) is 13.7. The van der Waals surface area contributed by atoms with E-state index in [1.807, 2.05) is 0 Å². The van der Waals surface area contributed by atoms with E-state index in [0.29, 0.717) is 13.2 Å². The van der Waals surface area contributed by atoms with Crippen LogP contribution in [0.3, 0.4) is 0 Å². The van der Waals surface area contributed by atoms with Gasteiger partial charge >= 0.3 is 11.9 Å². The van der Waals surface area contributed by atoms with Crippen molar-refractivity contribution in [2.24, 2.45) is 0 Å². The lowest BCUT2D eigenvalue weighted by molar-refractivity contribution is -0.141. The molecule has 4 nitrogen and oxygen atoms in total. The van der Waals surface area contributed by atoms with Crippen molar-refractivity contribution >= 4 is 51.6 Å². The van der Waals surface area contributed by atoms with Gasteiger partial charge in [-0.2, -0.15) is 0 Å². The summed E-state index contributed by atoms with van der Waals surface area (Å²) >= 11 is 0. The summed E-state index contributed by atoms with van der Waals surface area (Å²) in [5.41, 5.74) is 0. The van der Waals surface area contributed by atoms with Gasteiger partial charge in [0.15, 0.2) is 0 Å². The lowest BCUT2D eigenvalue weighted by Crippen LogP contribution is -2.15. The minimum Gasteiger partial charge on any atom is -0.466 e. The third-order valence-electron chi connectivity index (χ3n) is 6.39. The number of esters is 2. The molecule has 208 valence electrons. The number of hydrogen-bond acceptors (Lipinski definition) is 4. The van der Waals surface area contributed by atoms with Crippen molar-refractivity contribution < 1.29 is 19.1 Å². The van der Waals surface area contributed by atoms with E-state index >= 15 is 0 Å². The van der Waals surface area contributed by atoms with Crippen LogP contribution in [0.15, 0.2) is 91.0 Å². The molecular weight excluding hydrogens is 541 g/mol. The molecule has 0 aliphatic heterocycles. The molecule has 3 rings (SSSR count). The van der Waals surface area contributed by atoms with Crippen LogP contribution in [0.25, 0.3) is 0 Å². The summed E-state index contributed by atoms with van der Waals surface area (Å²) in [6, 6.07) is 33.0. The molecule has 0 aliphatic carbocycles. The fraction of sp³-hybridized carbons (Fsp3) is 0.375. The van der Waals surface area contributed by atoms with Crippen LogP contribution in [0, 0.1) is 0 Å². The number of carbonyl (C=O) groups is 2. The maximum atomic E-state index is 11.2. The maximum Gasteiger partial charge on any atom is 0.302 e. The van der Waals surface area contributed by atoms with Gasteiger partial charge in [-0.05, 0) is 61.3 Å². The van der Waals surface area contributed by atoms with E-state index in [9.17, 15) is 9.59 Å². The highest BCUT2D eigenvalue weighted by molar-refractivity contribution is 7.73.